The summed E-state index contributed by atoms with van der Waals surface area (Å²) in [4.78, 5) is 31.3. The fourth-order valence-corrected chi connectivity index (χ4v) is 4.24. The number of aromatic nitrogens is 1. The van der Waals surface area contributed by atoms with E-state index in [9.17, 15) is 14.9 Å². The van der Waals surface area contributed by atoms with E-state index in [-0.39, 0.29) is 24.4 Å². The molecule has 1 aromatic heterocycles. The molecule has 2 N–H and O–H groups in total. The van der Waals surface area contributed by atoms with Crippen LogP contribution < -0.4 is 5.73 Å². The molecule has 0 unspecified atom stereocenters. The molecule has 2 fully saturated rings. The standard InChI is InChI=1S/C22H24N4O3/c1-22(2,29-3)13-4-5-18-16(8-13)17(21(24)28)9-14(25-18)10-20(27)26-15(11-23)6-12-7-19(12)26/h4-5,8-9,12,15,19H,6-7,10H2,1-3H3,(H2,24,28)/t12-,15+,19+/m1/s1. The topological polar surface area (TPSA) is 109 Å². The Kier molecular flexibility index (Phi) is 4.55. The van der Waals surface area contributed by atoms with Crippen molar-refractivity contribution in [2.45, 2.75) is 50.8 Å². The average Bonchev–Trinajstić information content (AvgIpc) is 3.35. The van der Waals surface area contributed by atoms with Gasteiger partial charge in [-0.3, -0.25) is 14.6 Å². The number of benzene rings is 1. The maximum absolute atomic E-state index is 12.9. The van der Waals surface area contributed by atoms with E-state index in [0.29, 0.717) is 28.1 Å². The van der Waals surface area contributed by atoms with Gasteiger partial charge in [-0.2, -0.15) is 5.26 Å². The minimum Gasteiger partial charge on any atom is -0.374 e. The summed E-state index contributed by atoms with van der Waals surface area (Å²) in [7, 11) is 1.63. The van der Waals surface area contributed by atoms with E-state index in [1.54, 1.807) is 18.1 Å². The highest BCUT2D eigenvalue weighted by Crippen LogP contribution is 2.47. The number of amides is 2. The second-order valence-electron chi connectivity index (χ2n) is 8.39. The SMILES string of the molecule is COC(C)(C)c1ccc2nc(CC(=O)N3[C@H](C#N)C[C@@H]4C[C@@H]43)cc(C(N)=O)c2c1. The number of fused-ring (bicyclic) bond motifs is 2. The van der Waals surface area contributed by atoms with Crippen molar-refractivity contribution in [3.05, 3.63) is 41.1 Å². The predicted molar refractivity (Wildman–Crippen MR) is 107 cm³/mol. The predicted octanol–water partition coefficient (Wildman–Crippen LogP) is 2.27. The summed E-state index contributed by atoms with van der Waals surface area (Å²) in [6.07, 6.45) is 1.77. The van der Waals surface area contributed by atoms with Gasteiger partial charge in [0, 0.05) is 18.5 Å². The van der Waals surface area contributed by atoms with Crippen LogP contribution in [0.3, 0.4) is 0 Å². The first-order valence-electron chi connectivity index (χ1n) is 9.75. The first kappa shape index (κ1) is 19.3. The van der Waals surface area contributed by atoms with Gasteiger partial charge in [-0.15, -0.1) is 0 Å². The molecule has 0 bridgehead atoms. The summed E-state index contributed by atoms with van der Waals surface area (Å²) in [5, 5.41) is 9.96. The van der Waals surface area contributed by atoms with Crippen molar-refractivity contribution in [2.75, 3.05) is 7.11 Å². The van der Waals surface area contributed by atoms with Gasteiger partial charge in [0.1, 0.15) is 6.04 Å². The zero-order chi connectivity index (χ0) is 20.9. The minimum atomic E-state index is -0.572. The van der Waals surface area contributed by atoms with Crippen molar-refractivity contribution in [2.24, 2.45) is 11.7 Å². The Hall–Kier alpha value is -2.98. The number of ether oxygens (including phenoxy) is 1. The number of hydrogen-bond donors (Lipinski definition) is 1. The number of nitrogens with two attached hydrogens (primary N) is 1. The third kappa shape index (κ3) is 3.34. The lowest BCUT2D eigenvalue weighted by Gasteiger charge is -2.24. The first-order valence-corrected chi connectivity index (χ1v) is 9.75. The number of pyridine rings is 1. The lowest BCUT2D eigenvalue weighted by molar-refractivity contribution is -0.131. The molecule has 2 amide bonds. The highest BCUT2D eigenvalue weighted by Gasteiger charge is 2.53. The molecular formula is C22H24N4O3. The van der Waals surface area contributed by atoms with Crippen LogP contribution in [0, 0.1) is 17.2 Å². The molecule has 2 aliphatic rings. The monoisotopic (exact) mass is 392 g/mol. The number of carbonyl (C=O) groups excluding carboxylic acids is 2. The first-order chi connectivity index (χ1) is 13.7. The fraction of sp³-hybridized carbons (Fsp3) is 0.455. The van der Waals surface area contributed by atoms with Crippen LogP contribution in [0.15, 0.2) is 24.3 Å². The van der Waals surface area contributed by atoms with E-state index >= 15 is 0 Å². The van der Waals surface area contributed by atoms with Crippen molar-refractivity contribution in [1.82, 2.24) is 9.88 Å². The molecule has 3 atom stereocenters. The largest absolute Gasteiger partial charge is 0.374 e. The molecule has 0 radical (unpaired) electrons. The summed E-state index contributed by atoms with van der Waals surface area (Å²) in [5.41, 5.74) is 7.41. The molecule has 4 rings (SSSR count). The van der Waals surface area contributed by atoms with Crippen LogP contribution >= 0.6 is 0 Å². The van der Waals surface area contributed by atoms with Gasteiger partial charge in [-0.1, -0.05) is 6.07 Å². The molecule has 150 valence electrons. The molecule has 2 heterocycles. The second-order valence-corrected chi connectivity index (χ2v) is 8.39. The number of primary amides is 1. The van der Waals surface area contributed by atoms with E-state index < -0.39 is 11.5 Å². The highest BCUT2D eigenvalue weighted by molar-refractivity contribution is 6.05. The molecule has 7 nitrogen and oxygen atoms in total. The normalized spacial score (nSPS) is 23.0. The Morgan fingerprint density at radius 1 is 1.34 bits per heavy atom. The van der Waals surface area contributed by atoms with Gasteiger partial charge in [0.25, 0.3) is 0 Å². The van der Waals surface area contributed by atoms with E-state index in [2.05, 4.69) is 11.1 Å². The smallest absolute Gasteiger partial charge is 0.249 e. The van der Waals surface area contributed by atoms with Gasteiger partial charge in [0.2, 0.25) is 11.8 Å². The van der Waals surface area contributed by atoms with Crippen LogP contribution in [0.1, 0.15) is 48.3 Å². The van der Waals surface area contributed by atoms with Crippen molar-refractivity contribution in [3.8, 4) is 6.07 Å². The number of piperidine rings is 1. The quantitative estimate of drug-likeness (QED) is 0.839. The summed E-state index contributed by atoms with van der Waals surface area (Å²) in [6.45, 7) is 3.87. The number of nitrogens with zero attached hydrogens (tertiary/aromatic N) is 3. The molecular weight excluding hydrogens is 368 g/mol. The van der Waals surface area contributed by atoms with E-state index in [1.165, 1.54) is 0 Å². The van der Waals surface area contributed by atoms with Crippen LogP contribution in [0.2, 0.25) is 0 Å². The number of carbonyl (C=O) groups is 2. The second kappa shape index (κ2) is 6.82. The Labute approximate surface area is 169 Å². The maximum Gasteiger partial charge on any atom is 0.249 e. The highest BCUT2D eigenvalue weighted by atomic mass is 16.5. The molecule has 1 aromatic carbocycles. The van der Waals surface area contributed by atoms with E-state index in [0.717, 1.165) is 18.4 Å². The summed E-state index contributed by atoms with van der Waals surface area (Å²) in [6, 6.07) is 9.21. The number of hydrogen-bond acceptors (Lipinski definition) is 5. The van der Waals surface area contributed by atoms with Gasteiger partial charge >= 0.3 is 0 Å². The zero-order valence-corrected chi connectivity index (χ0v) is 16.8. The molecule has 29 heavy (non-hydrogen) atoms. The fourth-order valence-electron chi connectivity index (χ4n) is 4.24. The molecule has 7 heteroatoms. The number of nitriles is 1. The summed E-state index contributed by atoms with van der Waals surface area (Å²) < 4.78 is 5.53. The van der Waals surface area contributed by atoms with Gasteiger partial charge in [-0.25, -0.2) is 0 Å². The third-order valence-corrected chi connectivity index (χ3v) is 6.21. The lowest BCUT2D eigenvalue weighted by atomic mass is 9.94. The van der Waals surface area contributed by atoms with Crippen molar-refractivity contribution >= 4 is 22.7 Å². The Balaban J connectivity index is 1.69. The van der Waals surface area contributed by atoms with Gasteiger partial charge in [0.05, 0.1) is 34.9 Å². The number of methoxy groups -OCH3 is 1. The van der Waals surface area contributed by atoms with Gasteiger partial charge < -0.3 is 15.4 Å². The van der Waals surface area contributed by atoms with Crippen molar-refractivity contribution in [1.29, 1.82) is 5.26 Å². The Bertz CT molecular complexity index is 1060. The minimum absolute atomic E-state index is 0.0446. The van der Waals surface area contributed by atoms with Crippen LogP contribution in [0.25, 0.3) is 10.9 Å². The van der Waals surface area contributed by atoms with Crippen LogP contribution in [-0.2, 0) is 21.6 Å². The summed E-state index contributed by atoms with van der Waals surface area (Å²) >= 11 is 0. The average molecular weight is 392 g/mol. The Morgan fingerprint density at radius 2 is 2.10 bits per heavy atom. The summed E-state index contributed by atoms with van der Waals surface area (Å²) in [5.74, 6) is -0.241. The molecule has 1 aliphatic heterocycles. The maximum atomic E-state index is 12.9. The van der Waals surface area contributed by atoms with Crippen LogP contribution in [0.5, 0.6) is 0 Å². The van der Waals surface area contributed by atoms with Gasteiger partial charge in [0.15, 0.2) is 0 Å². The zero-order valence-electron chi connectivity index (χ0n) is 16.8. The van der Waals surface area contributed by atoms with Crippen LogP contribution in [0.4, 0.5) is 0 Å². The van der Waals surface area contributed by atoms with Crippen LogP contribution in [-0.4, -0.2) is 40.9 Å². The molecule has 1 saturated heterocycles. The lowest BCUT2D eigenvalue weighted by Crippen LogP contribution is -2.38. The van der Waals surface area contributed by atoms with E-state index in [4.69, 9.17) is 10.5 Å². The molecule has 2 aromatic rings. The number of likely N-dealkylation sites (tertiary alicyclic amines) is 1. The number of rotatable bonds is 5. The van der Waals surface area contributed by atoms with Gasteiger partial charge in [-0.05, 0) is 56.4 Å². The third-order valence-electron chi connectivity index (χ3n) is 6.21. The Morgan fingerprint density at radius 3 is 2.76 bits per heavy atom. The van der Waals surface area contributed by atoms with Crippen molar-refractivity contribution < 1.29 is 14.3 Å². The molecule has 0 spiro atoms. The van der Waals surface area contributed by atoms with E-state index in [1.807, 2.05) is 32.0 Å². The molecule has 1 saturated carbocycles. The van der Waals surface area contributed by atoms with Crippen molar-refractivity contribution in [3.63, 3.8) is 0 Å². The molecule has 1 aliphatic carbocycles.